The summed E-state index contributed by atoms with van der Waals surface area (Å²) in [5.41, 5.74) is 2.11. The summed E-state index contributed by atoms with van der Waals surface area (Å²) in [5, 5.41) is 7.90. The van der Waals surface area contributed by atoms with E-state index in [9.17, 15) is 0 Å². The molecule has 0 atom stereocenters. The molecule has 0 spiro atoms. The van der Waals surface area contributed by atoms with Gasteiger partial charge in [-0.2, -0.15) is 5.10 Å². The Morgan fingerprint density at radius 2 is 2.21 bits per heavy atom. The first-order chi connectivity index (χ1) is 9.36. The van der Waals surface area contributed by atoms with Crippen LogP contribution < -0.4 is 5.32 Å². The fourth-order valence-corrected chi connectivity index (χ4v) is 2.86. The van der Waals surface area contributed by atoms with E-state index in [1.807, 2.05) is 18.5 Å². The molecule has 1 fully saturated rings. The minimum absolute atomic E-state index is 0.527. The summed E-state index contributed by atoms with van der Waals surface area (Å²) < 4.78 is 2.10. The quantitative estimate of drug-likeness (QED) is 0.874. The predicted molar refractivity (Wildman–Crippen MR) is 78.4 cm³/mol. The van der Waals surface area contributed by atoms with Crippen molar-refractivity contribution >= 4 is 11.8 Å². The zero-order valence-corrected chi connectivity index (χ0v) is 11.9. The van der Waals surface area contributed by atoms with Crippen molar-refractivity contribution in [2.75, 3.05) is 19.3 Å². The maximum Gasteiger partial charge on any atom is 0.0744 e. The molecule has 0 saturated carbocycles. The summed E-state index contributed by atoms with van der Waals surface area (Å²) in [5.74, 6) is 0. The molecule has 19 heavy (non-hydrogen) atoms. The second-order valence-corrected chi connectivity index (χ2v) is 5.65. The molecule has 3 heterocycles. The number of aromatic nitrogens is 3. The Balaban J connectivity index is 1.83. The molecule has 1 aliphatic heterocycles. The minimum Gasteiger partial charge on any atom is -0.317 e. The van der Waals surface area contributed by atoms with Crippen molar-refractivity contribution in [3.63, 3.8) is 0 Å². The monoisotopic (exact) mass is 274 g/mol. The number of nitrogens with zero attached hydrogens (tertiary/aromatic N) is 3. The van der Waals surface area contributed by atoms with Crippen LogP contribution in [-0.4, -0.2) is 34.1 Å². The first kappa shape index (κ1) is 12.7. The molecule has 1 saturated heterocycles. The first-order valence-electron chi connectivity index (χ1n) is 6.62. The second kappa shape index (κ2) is 5.75. The maximum atomic E-state index is 4.51. The van der Waals surface area contributed by atoms with Crippen LogP contribution >= 0.6 is 11.8 Å². The van der Waals surface area contributed by atoms with E-state index >= 15 is 0 Å². The minimum atomic E-state index is 0.527. The first-order valence-corrected chi connectivity index (χ1v) is 7.84. The maximum absolute atomic E-state index is 4.51. The highest BCUT2D eigenvalue weighted by atomic mass is 32.2. The van der Waals surface area contributed by atoms with Crippen LogP contribution in [0, 0.1) is 0 Å². The topological polar surface area (TPSA) is 42.7 Å². The Morgan fingerprint density at radius 1 is 1.37 bits per heavy atom. The molecule has 4 nitrogen and oxygen atoms in total. The van der Waals surface area contributed by atoms with Crippen LogP contribution in [0.25, 0.3) is 11.3 Å². The largest absolute Gasteiger partial charge is 0.317 e. The van der Waals surface area contributed by atoms with Crippen LogP contribution in [0.2, 0.25) is 0 Å². The third kappa shape index (κ3) is 2.82. The normalized spacial score (nSPS) is 16.7. The van der Waals surface area contributed by atoms with E-state index in [0.29, 0.717) is 6.04 Å². The van der Waals surface area contributed by atoms with Gasteiger partial charge in [-0.25, -0.2) is 0 Å². The van der Waals surface area contributed by atoms with E-state index in [4.69, 9.17) is 0 Å². The van der Waals surface area contributed by atoms with E-state index in [0.717, 1.165) is 37.2 Å². The lowest BCUT2D eigenvalue weighted by Gasteiger charge is -2.22. The van der Waals surface area contributed by atoms with E-state index in [1.165, 1.54) is 4.90 Å². The van der Waals surface area contributed by atoms with E-state index in [2.05, 4.69) is 38.6 Å². The fourth-order valence-electron chi connectivity index (χ4n) is 2.44. The van der Waals surface area contributed by atoms with Crippen LogP contribution in [-0.2, 0) is 0 Å². The van der Waals surface area contributed by atoms with Crippen molar-refractivity contribution in [3.05, 3.63) is 30.7 Å². The molecule has 0 aromatic carbocycles. The lowest BCUT2D eigenvalue weighted by Crippen LogP contribution is -2.29. The number of pyridine rings is 1. The summed E-state index contributed by atoms with van der Waals surface area (Å²) in [6.45, 7) is 2.17. The van der Waals surface area contributed by atoms with Gasteiger partial charge in [0.15, 0.2) is 0 Å². The number of hydrogen-bond acceptors (Lipinski definition) is 4. The number of piperidine rings is 1. The van der Waals surface area contributed by atoms with Crippen molar-refractivity contribution in [1.29, 1.82) is 0 Å². The molecule has 1 N–H and O–H groups in total. The van der Waals surface area contributed by atoms with Gasteiger partial charge in [-0.1, -0.05) is 0 Å². The van der Waals surface area contributed by atoms with E-state index in [-0.39, 0.29) is 0 Å². The molecule has 2 aromatic rings. The van der Waals surface area contributed by atoms with Gasteiger partial charge in [0.05, 0.1) is 17.9 Å². The van der Waals surface area contributed by atoms with Gasteiger partial charge < -0.3 is 5.32 Å². The van der Waals surface area contributed by atoms with Crippen LogP contribution in [0.1, 0.15) is 18.9 Å². The van der Waals surface area contributed by atoms with Gasteiger partial charge in [0.2, 0.25) is 0 Å². The van der Waals surface area contributed by atoms with Crippen LogP contribution in [0.4, 0.5) is 0 Å². The lowest BCUT2D eigenvalue weighted by molar-refractivity contribution is 0.343. The summed E-state index contributed by atoms with van der Waals surface area (Å²) in [6, 6.07) is 4.68. The number of nitrogens with one attached hydrogen (secondary N) is 1. The molecule has 1 aliphatic rings. The molecule has 100 valence electrons. The Bertz CT molecular complexity index is 546. The third-order valence-electron chi connectivity index (χ3n) is 3.55. The highest BCUT2D eigenvalue weighted by Crippen LogP contribution is 2.24. The Kier molecular flexibility index (Phi) is 3.84. The third-order valence-corrected chi connectivity index (χ3v) is 4.27. The molecule has 2 aromatic heterocycles. The van der Waals surface area contributed by atoms with E-state index < -0.39 is 0 Å². The summed E-state index contributed by atoms with van der Waals surface area (Å²) >= 11 is 1.74. The molecule has 0 unspecified atom stereocenters. The van der Waals surface area contributed by atoms with Crippen LogP contribution in [0.5, 0.6) is 0 Å². The number of rotatable bonds is 3. The summed E-state index contributed by atoms with van der Waals surface area (Å²) in [6.07, 6.45) is 10.3. The molecule has 0 bridgehead atoms. The SMILES string of the molecule is CSc1ccnc(-c2cnn(C3CCNCC3)c2)c1. The van der Waals surface area contributed by atoms with Gasteiger partial charge in [0.25, 0.3) is 0 Å². The van der Waals surface area contributed by atoms with Gasteiger partial charge in [0, 0.05) is 22.9 Å². The van der Waals surface area contributed by atoms with Gasteiger partial charge >= 0.3 is 0 Å². The van der Waals surface area contributed by atoms with Crippen LogP contribution in [0.3, 0.4) is 0 Å². The lowest BCUT2D eigenvalue weighted by atomic mass is 10.1. The van der Waals surface area contributed by atoms with Crippen molar-refractivity contribution < 1.29 is 0 Å². The highest BCUT2D eigenvalue weighted by molar-refractivity contribution is 7.98. The standard InChI is InChI=1S/C14H18N4S/c1-19-13-4-7-16-14(8-13)11-9-17-18(10-11)12-2-5-15-6-3-12/h4,7-10,12,15H,2-3,5-6H2,1H3. The molecule has 3 rings (SSSR count). The van der Waals surface area contributed by atoms with Gasteiger partial charge in [-0.3, -0.25) is 9.67 Å². The van der Waals surface area contributed by atoms with Gasteiger partial charge in [-0.15, -0.1) is 11.8 Å². The Morgan fingerprint density at radius 3 is 3.00 bits per heavy atom. The molecule has 0 aliphatic carbocycles. The molecule has 0 amide bonds. The fraction of sp³-hybridized carbons (Fsp3) is 0.429. The van der Waals surface area contributed by atoms with Gasteiger partial charge in [-0.05, 0) is 44.3 Å². The zero-order valence-electron chi connectivity index (χ0n) is 11.0. The highest BCUT2D eigenvalue weighted by Gasteiger charge is 2.16. The average Bonchev–Trinajstić information content (AvgIpc) is 2.98. The molecular weight excluding hydrogens is 256 g/mol. The second-order valence-electron chi connectivity index (χ2n) is 4.77. The van der Waals surface area contributed by atoms with Crippen molar-refractivity contribution in [1.82, 2.24) is 20.1 Å². The van der Waals surface area contributed by atoms with Gasteiger partial charge in [0.1, 0.15) is 0 Å². The van der Waals surface area contributed by atoms with Crippen molar-refractivity contribution in [2.24, 2.45) is 0 Å². The smallest absolute Gasteiger partial charge is 0.0744 e. The zero-order chi connectivity index (χ0) is 13.1. The average molecular weight is 274 g/mol. The van der Waals surface area contributed by atoms with E-state index in [1.54, 1.807) is 11.8 Å². The molecular formula is C14H18N4S. The van der Waals surface area contributed by atoms with Crippen molar-refractivity contribution in [3.8, 4) is 11.3 Å². The Hall–Kier alpha value is -1.33. The molecule has 5 heteroatoms. The summed E-state index contributed by atoms with van der Waals surface area (Å²) in [4.78, 5) is 5.67. The predicted octanol–water partition coefficient (Wildman–Crippen LogP) is 2.59. The molecule has 0 radical (unpaired) electrons. The summed E-state index contributed by atoms with van der Waals surface area (Å²) in [7, 11) is 0. The number of thioether (sulfide) groups is 1. The Labute approximate surface area is 117 Å². The van der Waals surface area contributed by atoms with Crippen LogP contribution in [0.15, 0.2) is 35.6 Å². The van der Waals surface area contributed by atoms with Crippen molar-refractivity contribution in [2.45, 2.75) is 23.8 Å². The number of hydrogen-bond donors (Lipinski definition) is 1.